The molecule has 3 heterocycles. The molecule has 0 aliphatic carbocycles. The van der Waals surface area contributed by atoms with Crippen LogP contribution in [-0.2, 0) is 0 Å². The van der Waals surface area contributed by atoms with Crippen LogP contribution in [0.2, 0.25) is 0 Å². The Bertz CT molecular complexity index is 898. The molecule has 0 spiro atoms. The van der Waals surface area contributed by atoms with Gasteiger partial charge in [0.05, 0.1) is 0 Å². The van der Waals surface area contributed by atoms with Crippen LogP contribution in [0, 0.1) is 0 Å². The molecule has 4 rings (SSSR count). The summed E-state index contributed by atoms with van der Waals surface area (Å²) in [6.07, 6.45) is 10.6. The van der Waals surface area contributed by atoms with Crippen molar-refractivity contribution >= 4 is 16.6 Å². The Morgan fingerprint density at radius 1 is 1.19 bits per heavy atom. The zero-order valence-corrected chi connectivity index (χ0v) is 16.2. The first kappa shape index (κ1) is 17.9. The Kier molecular flexibility index (Phi) is 5.35. The Morgan fingerprint density at radius 2 is 2.11 bits per heavy atom. The number of nitrogens with one attached hydrogen (secondary N) is 2. The SMILES string of the molecule is CCCC(C)Nc1ccc(-c2cc(C3CCCN3)c3cnccc3c2)cn1. The molecule has 0 radical (unpaired) electrons. The van der Waals surface area contributed by atoms with E-state index in [9.17, 15) is 0 Å². The third kappa shape index (κ3) is 3.96. The molecule has 1 fully saturated rings. The second kappa shape index (κ2) is 8.05. The molecule has 2 unspecified atom stereocenters. The zero-order valence-electron chi connectivity index (χ0n) is 16.2. The molecule has 1 aromatic carbocycles. The van der Waals surface area contributed by atoms with E-state index in [4.69, 9.17) is 0 Å². The van der Waals surface area contributed by atoms with Crippen molar-refractivity contribution in [2.75, 3.05) is 11.9 Å². The fourth-order valence-corrected chi connectivity index (χ4v) is 4.04. The molecule has 0 amide bonds. The third-order valence-corrected chi connectivity index (χ3v) is 5.44. The molecule has 2 atom stereocenters. The van der Waals surface area contributed by atoms with Gasteiger partial charge < -0.3 is 10.6 Å². The first-order valence-corrected chi connectivity index (χ1v) is 10.1. The minimum absolute atomic E-state index is 0.417. The molecule has 2 N–H and O–H groups in total. The minimum Gasteiger partial charge on any atom is -0.368 e. The highest BCUT2D eigenvalue weighted by molar-refractivity contribution is 5.90. The first-order chi connectivity index (χ1) is 13.2. The molecule has 1 aliphatic heterocycles. The number of nitrogens with zero attached hydrogens (tertiary/aromatic N) is 2. The number of benzene rings is 1. The third-order valence-electron chi connectivity index (χ3n) is 5.44. The predicted octanol–water partition coefficient (Wildman–Crippen LogP) is 5.32. The molecule has 1 aliphatic rings. The van der Waals surface area contributed by atoms with Gasteiger partial charge in [0.25, 0.3) is 0 Å². The summed E-state index contributed by atoms with van der Waals surface area (Å²) in [6, 6.07) is 11.8. The summed E-state index contributed by atoms with van der Waals surface area (Å²) in [5.74, 6) is 0.947. The average Bonchev–Trinajstić information content (AvgIpc) is 3.22. The van der Waals surface area contributed by atoms with Crippen LogP contribution in [0.1, 0.15) is 51.1 Å². The number of rotatable bonds is 6. The number of pyridine rings is 2. The van der Waals surface area contributed by atoms with Crippen molar-refractivity contribution in [1.29, 1.82) is 0 Å². The lowest BCUT2D eigenvalue weighted by Gasteiger charge is -2.16. The van der Waals surface area contributed by atoms with Gasteiger partial charge in [0, 0.05) is 41.6 Å². The van der Waals surface area contributed by atoms with Crippen molar-refractivity contribution in [3.8, 4) is 11.1 Å². The lowest BCUT2D eigenvalue weighted by atomic mass is 9.94. The van der Waals surface area contributed by atoms with Gasteiger partial charge >= 0.3 is 0 Å². The van der Waals surface area contributed by atoms with Gasteiger partial charge in [0.2, 0.25) is 0 Å². The highest BCUT2D eigenvalue weighted by atomic mass is 15.0. The van der Waals surface area contributed by atoms with Crippen LogP contribution < -0.4 is 10.6 Å². The van der Waals surface area contributed by atoms with Gasteiger partial charge in [-0.3, -0.25) is 4.98 Å². The lowest BCUT2D eigenvalue weighted by Crippen LogP contribution is -2.15. The zero-order chi connectivity index (χ0) is 18.6. The number of hydrogen-bond donors (Lipinski definition) is 2. The van der Waals surface area contributed by atoms with Crippen LogP contribution in [0.5, 0.6) is 0 Å². The molecule has 3 aromatic rings. The van der Waals surface area contributed by atoms with Crippen LogP contribution in [0.4, 0.5) is 5.82 Å². The van der Waals surface area contributed by atoms with E-state index in [2.05, 4.69) is 64.8 Å². The Morgan fingerprint density at radius 3 is 2.85 bits per heavy atom. The predicted molar refractivity (Wildman–Crippen MR) is 113 cm³/mol. The van der Waals surface area contributed by atoms with Gasteiger partial charge in [-0.05, 0) is 79.6 Å². The highest BCUT2D eigenvalue weighted by Gasteiger charge is 2.19. The van der Waals surface area contributed by atoms with E-state index in [0.29, 0.717) is 12.1 Å². The molecule has 0 bridgehead atoms. The Labute approximate surface area is 161 Å². The summed E-state index contributed by atoms with van der Waals surface area (Å²) in [5, 5.41) is 9.60. The summed E-state index contributed by atoms with van der Waals surface area (Å²) in [7, 11) is 0. The summed E-state index contributed by atoms with van der Waals surface area (Å²) in [6.45, 7) is 5.51. The Hall–Kier alpha value is -2.46. The van der Waals surface area contributed by atoms with Crippen LogP contribution in [0.25, 0.3) is 21.9 Å². The summed E-state index contributed by atoms with van der Waals surface area (Å²) in [5.41, 5.74) is 3.73. The monoisotopic (exact) mass is 360 g/mol. The number of anilines is 1. The van der Waals surface area contributed by atoms with Crippen LogP contribution in [0.15, 0.2) is 48.9 Å². The van der Waals surface area contributed by atoms with Crippen molar-refractivity contribution in [1.82, 2.24) is 15.3 Å². The van der Waals surface area contributed by atoms with Crippen molar-refractivity contribution in [2.45, 2.75) is 51.6 Å². The van der Waals surface area contributed by atoms with Crippen LogP contribution in [0.3, 0.4) is 0 Å². The molecule has 1 saturated heterocycles. The normalized spacial score (nSPS) is 17.9. The summed E-state index contributed by atoms with van der Waals surface area (Å²) >= 11 is 0. The van der Waals surface area contributed by atoms with Crippen molar-refractivity contribution in [3.63, 3.8) is 0 Å². The smallest absolute Gasteiger partial charge is 0.126 e. The van der Waals surface area contributed by atoms with Gasteiger partial charge in [-0.2, -0.15) is 0 Å². The minimum atomic E-state index is 0.417. The number of fused-ring (bicyclic) bond motifs is 1. The second-order valence-corrected chi connectivity index (χ2v) is 7.58. The number of hydrogen-bond acceptors (Lipinski definition) is 4. The van der Waals surface area contributed by atoms with Crippen molar-refractivity contribution < 1.29 is 0 Å². The largest absolute Gasteiger partial charge is 0.368 e. The van der Waals surface area contributed by atoms with E-state index < -0.39 is 0 Å². The molecule has 27 heavy (non-hydrogen) atoms. The lowest BCUT2D eigenvalue weighted by molar-refractivity contribution is 0.653. The fraction of sp³-hybridized carbons (Fsp3) is 0.391. The van der Waals surface area contributed by atoms with E-state index in [1.807, 2.05) is 18.6 Å². The van der Waals surface area contributed by atoms with E-state index in [0.717, 1.165) is 24.3 Å². The quantitative estimate of drug-likeness (QED) is 0.624. The van der Waals surface area contributed by atoms with Crippen LogP contribution in [-0.4, -0.2) is 22.6 Å². The molecule has 2 aromatic heterocycles. The van der Waals surface area contributed by atoms with E-state index >= 15 is 0 Å². The van der Waals surface area contributed by atoms with E-state index in [1.165, 1.54) is 41.2 Å². The van der Waals surface area contributed by atoms with Gasteiger partial charge in [-0.25, -0.2) is 4.98 Å². The molecular formula is C23H28N4. The molecular weight excluding hydrogens is 332 g/mol. The van der Waals surface area contributed by atoms with E-state index in [1.54, 1.807) is 0 Å². The Balaban J connectivity index is 1.67. The summed E-state index contributed by atoms with van der Waals surface area (Å²) < 4.78 is 0. The van der Waals surface area contributed by atoms with Gasteiger partial charge in [0.1, 0.15) is 5.82 Å². The highest BCUT2D eigenvalue weighted by Crippen LogP contribution is 2.34. The first-order valence-electron chi connectivity index (χ1n) is 10.1. The molecule has 4 heteroatoms. The number of aromatic nitrogens is 2. The van der Waals surface area contributed by atoms with Crippen molar-refractivity contribution in [2.24, 2.45) is 0 Å². The maximum Gasteiger partial charge on any atom is 0.126 e. The molecule has 4 nitrogen and oxygen atoms in total. The molecule has 140 valence electrons. The fourth-order valence-electron chi connectivity index (χ4n) is 4.04. The summed E-state index contributed by atoms with van der Waals surface area (Å²) in [4.78, 5) is 9.00. The van der Waals surface area contributed by atoms with Crippen molar-refractivity contribution in [3.05, 3.63) is 54.5 Å². The van der Waals surface area contributed by atoms with Gasteiger partial charge in [0.15, 0.2) is 0 Å². The molecule has 0 saturated carbocycles. The van der Waals surface area contributed by atoms with E-state index in [-0.39, 0.29) is 0 Å². The van der Waals surface area contributed by atoms with Gasteiger partial charge in [-0.15, -0.1) is 0 Å². The maximum absolute atomic E-state index is 4.65. The topological polar surface area (TPSA) is 49.8 Å². The van der Waals surface area contributed by atoms with Gasteiger partial charge in [-0.1, -0.05) is 13.3 Å². The standard InChI is InChI=1S/C23H28N4/c1-3-5-16(2)27-23-8-7-18(14-26-23)19-12-17-9-11-24-15-21(17)20(13-19)22-6-4-10-25-22/h7-9,11-16,22,25H,3-6,10H2,1-2H3,(H,26,27). The average molecular weight is 361 g/mol. The van der Waals surface area contributed by atoms with Crippen LogP contribution >= 0.6 is 0 Å². The maximum atomic E-state index is 4.65. The second-order valence-electron chi connectivity index (χ2n) is 7.58.